The lowest BCUT2D eigenvalue weighted by atomic mass is 10.1. The molecule has 1 saturated heterocycles. The Morgan fingerprint density at radius 2 is 2.24 bits per heavy atom. The summed E-state index contributed by atoms with van der Waals surface area (Å²) in [6, 6.07) is 3.27. The van der Waals surface area contributed by atoms with Crippen LogP contribution in [-0.4, -0.2) is 52.5 Å². The van der Waals surface area contributed by atoms with E-state index in [4.69, 9.17) is 5.11 Å². The Hall–Kier alpha value is -1.95. The first-order valence-electron chi connectivity index (χ1n) is 7.26. The molecule has 2 heterocycles. The molecule has 1 aliphatic rings. The molecule has 2 N–H and O–H groups in total. The molecule has 0 aliphatic carbocycles. The Morgan fingerprint density at radius 1 is 1.48 bits per heavy atom. The van der Waals surface area contributed by atoms with Crippen molar-refractivity contribution in [2.45, 2.75) is 32.7 Å². The maximum absolute atomic E-state index is 12.1. The van der Waals surface area contributed by atoms with E-state index in [1.165, 1.54) is 18.6 Å². The topological polar surface area (TPSA) is 82.5 Å². The van der Waals surface area contributed by atoms with Crippen LogP contribution in [0.5, 0.6) is 0 Å². The first-order valence-corrected chi connectivity index (χ1v) is 7.26. The van der Waals surface area contributed by atoms with Crippen LogP contribution in [0.25, 0.3) is 0 Å². The largest absolute Gasteiger partial charge is 0.478 e. The summed E-state index contributed by atoms with van der Waals surface area (Å²) >= 11 is 0. The molecule has 0 radical (unpaired) electrons. The number of nitrogens with one attached hydrogen (secondary N) is 1. The van der Waals surface area contributed by atoms with E-state index in [0.29, 0.717) is 18.3 Å². The second-order valence-electron chi connectivity index (χ2n) is 5.27. The van der Waals surface area contributed by atoms with Gasteiger partial charge in [-0.15, -0.1) is 0 Å². The smallest absolute Gasteiger partial charge is 0.337 e. The zero-order valence-corrected chi connectivity index (χ0v) is 12.4. The minimum absolute atomic E-state index is 0.125. The number of hydrogen-bond acceptors (Lipinski definition) is 4. The average Bonchev–Trinajstić information content (AvgIpc) is 2.91. The Morgan fingerprint density at radius 3 is 2.86 bits per heavy atom. The lowest BCUT2D eigenvalue weighted by Crippen LogP contribution is -2.40. The predicted molar refractivity (Wildman–Crippen MR) is 78.5 cm³/mol. The second-order valence-corrected chi connectivity index (χ2v) is 5.27. The number of nitrogens with zero attached hydrogens (tertiary/aromatic N) is 2. The molecule has 21 heavy (non-hydrogen) atoms. The van der Waals surface area contributed by atoms with E-state index >= 15 is 0 Å². The predicted octanol–water partition coefficient (Wildman–Crippen LogP) is 1.30. The molecule has 1 aliphatic heterocycles. The van der Waals surface area contributed by atoms with Crippen molar-refractivity contribution in [3.63, 3.8) is 0 Å². The highest BCUT2D eigenvalue weighted by Gasteiger charge is 2.23. The number of carbonyl (C=O) groups is 2. The molecule has 1 unspecified atom stereocenters. The Balaban J connectivity index is 1.97. The van der Waals surface area contributed by atoms with Crippen molar-refractivity contribution in [1.82, 2.24) is 15.2 Å². The van der Waals surface area contributed by atoms with E-state index in [0.717, 1.165) is 19.5 Å². The van der Waals surface area contributed by atoms with Crippen molar-refractivity contribution in [1.29, 1.82) is 0 Å². The number of aromatic carboxylic acids is 1. The molecule has 0 saturated carbocycles. The Labute approximate surface area is 124 Å². The zero-order chi connectivity index (χ0) is 15.4. The van der Waals surface area contributed by atoms with Gasteiger partial charge in [-0.3, -0.25) is 9.69 Å². The lowest BCUT2D eigenvalue weighted by Gasteiger charge is -2.22. The number of likely N-dealkylation sites (tertiary alicyclic amines) is 1. The number of carbonyl (C=O) groups excluding carboxylic acids is 1. The molecule has 0 bridgehead atoms. The van der Waals surface area contributed by atoms with Crippen LogP contribution in [0.1, 0.15) is 46.3 Å². The highest BCUT2D eigenvalue weighted by molar-refractivity contribution is 5.94. The van der Waals surface area contributed by atoms with Crippen molar-refractivity contribution in [2.24, 2.45) is 0 Å². The number of carboxylic acids is 1. The molecule has 6 nitrogen and oxygen atoms in total. The van der Waals surface area contributed by atoms with Crippen LogP contribution < -0.4 is 5.32 Å². The van der Waals surface area contributed by atoms with Gasteiger partial charge in [-0.2, -0.15) is 0 Å². The van der Waals surface area contributed by atoms with E-state index < -0.39 is 5.97 Å². The maximum Gasteiger partial charge on any atom is 0.337 e. The minimum Gasteiger partial charge on any atom is -0.478 e. The van der Waals surface area contributed by atoms with Crippen LogP contribution in [0.2, 0.25) is 0 Å². The molecule has 1 atom stereocenters. The summed E-state index contributed by atoms with van der Waals surface area (Å²) < 4.78 is 0. The van der Waals surface area contributed by atoms with Crippen LogP contribution in [0, 0.1) is 6.92 Å². The third kappa shape index (κ3) is 3.58. The first kappa shape index (κ1) is 15.4. The number of aryl methyl sites for hydroxylation is 1. The number of pyridine rings is 1. The molecule has 0 spiro atoms. The minimum atomic E-state index is -1.03. The summed E-state index contributed by atoms with van der Waals surface area (Å²) in [6.07, 6.45) is 2.26. The fraction of sp³-hybridized carbons (Fsp3) is 0.533. The van der Waals surface area contributed by atoms with E-state index in [9.17, 15) is 9.59 Å². The molecule has 1 fully saturated rings. The molecule has 1 aromatic heterocycles. The summed E-state index contributed by atoms with van der Waals surface area (Å²) in [5, 5.41) is 11.8. The van der Waals surface area contributed by atoms with Gasteiger partial charge in [0, 0.05) is 12.6 Å². The third-order valence-electron chi connectivity index (χ3n) is 3.95. The van der Waals surface area contributed by atoms with Gasteiger partial charge in [0.25, 0.3) is 5.91 Å². The molecule has 2 rings (SSSR count). The van der Waals surface area contributed by atoms with E-state index in [1.807, 2.05) is 0 Å². The number of rotatable bonds is 5. The fourth-order valence-corrected chi connectivity index (χ4v) is 2.76. The number of aromatic nitrogens is 1. The lowest BCUT2D eigenvalue weighted by molar-refractivity contribution is 0.0694. The highest BCUT2D eigenvalue weighted by Crippen LogP contribution is 2.15. The van der Waals surface area contributed by atoms with Gasteiger partial charge >= 0.3 is 5.97 Å². The van der Waals surface area contributed by atoms with E-state index in [2.05, 4.69) is 22.1 Å². The van der Waals surface area contributed by atoms with Gasteiger partial charge in [0.1, 0.15) is 5.69 Å². The summed E-state index contributed by atoms with van der Waals surface area (Å²) in [6.45, 7) is 6.40. The number of likely N-dealkylation sites (N-methyl/N-ethyl adjacent to an activating group) is 1. The maximum atomic E-state index is 12.1. The van der Waals surface area contributed by atoms with Crippen LogP contribution in [0.4, 0.5) is 0 Å². The van der Waals surface area contributed by atoms with Crippen molar-refractivity contribution < 1.29 is 14.7 Å². The van der Waals surface area contributed by atoms with Gasteiger partial charge < -0.3 is 10.4 Å². The van der Waals surface area contributed by atoms with Gasteiger partial charge in [0.15, 0.2) is 0 Å². The van der Waals surface area contributed by atoms with Gasteiger partial charge in [0.2, 0.25) is 0 Å². The van der Waals surface area contributed by atoms with E-state index in [1.54, 1.807) is 6.92 Å². The quantitative estimate of drug-likeness (QED) is 0.854. The standard InChI is InChI=1S/C15H21N3O3/c1-3-18-8-4-5-11(18)9-16-14(19)13-7-6-12(15(20)21)10(2)17-13/h6-7,11H,3-5,8-9H2,1-2H3,(H,16,19)(H,20,21). The second kappa shape index (κ2) is 6.67. The van der Waals surface area contributed by atoms with Gasteiger partial charge in [-0.25, -0.2) is 9.78 Å². The SMILES string of the molecule is CCN1CCCC1CNC(=O)c1ccc(C(=O)O)c(C)n1. The third-order valence-corrected chi connectivity index (χ3v) is 3.95. The van der Waals surface area contributed by atoms with Gasteiger partial charge in [-0.1, -0.05) is 6.92 Å². The molecule has 114 valence electrons. The number of hydrogen-bond donors (Lipinski definition) is 2. The molecular formula is C15H21N3O3. The Kier molecular flexibility index (Phi) is 4.90. The summed E-state index contributed by atoms with van der Waals surface area (Å²) in [7, 11) is 0. The normalized spacial score (nSPS) is 18.7. The summed E-state index contributed by atoms with van der Waals surface area (Å²) in [5.74, 6) is -1.28. The van der Waals surface area contributed by atoms with Crippen molar-refractivity contribution in [3.05, 3.63) is 29.1 Å². The molecule has 0 aromatic carbocycles. The molecule has 6 heteroatoms. The van der Waals surface area contributed by atoms with Crippen LogP contribution >= 0.6 is 0 Å². The van der Waals surface area contributed by atoms with Crippen molar-refractivity contribution in [3.8, 4) is 0 Å². The first-order chi connectivity index (χ1) is 10.0. The van der Waals surface area contributed by atoms with Crippen LogP contribution in [0.3, 0.4) is 0 Å². The van der Waals surface area contributed by atoms with Crippen molar-refractivity contribution in [2.75, 3.05) is 19.6 Å². The van der Waals surface area contributed by atoms with Crippen LogP contribution in [-0.2, 0) is 0 Å². The molecular weight excluding hydrogens is 270 g/mol. The molecule has 1 aromatic rings. The Bertz CT molecular complexity index is 545. The summed E-state index contributed by atoms with van der Waals surface area (Å²) in [4.78, 5) is 29.4. The van der Waals surface area contributed by atoms with Gasteiger partial charge in [0.05, 0.1) is 11.3 Å². The van der Waals surface area contributed by atoms with Gasteiger partial charge in [-0.05, 0) is 45.0 Å². The van der Waals surface area contributed by atoms with E-state index in [-0.39, 0.29) is 17.2 Å². The average molecular weight is 291 g/mol. The monoisotopic (exact) mass is 291 g/mol. The molecule has 1 amide bonds. The zero-order valence-electron chi connectivity index (χ0n) is 12.4. The fourth-order valence-electron chi connectivity index (χ4n) is 2.76. The van der Waals surface area contributed by atoms with Crippen molar-refractivity contribution >= 4 is 11.9 Å². The highest BCUT2D eigenvalue weighted by atomic mass is 16.4. The van der Waals surface area contributed by atoms with Crippen LogP contribution in [0.15, 0.2) is 12.1 Å². The summed E-state index contributed by atoms with van der Waals surface area (Å²) in [5.41, 5.74) is 0.740. The number of amides is 1. The number of carboxylic acid groups (broad SMARTS) is 1.